The summed E-state index contributed by atoms with van der Waals surface area (Å²) in [4.78, 5) is 0. The maximum absolute atomic E-state index is 5.33. The monoisotopic (exact) mass is 203 g/mol. The number of hydrogen-bond donors (Lipinski definition) is 0. The smallest absolute Gasteiger partial charge is 0.200 e. The zero-order chi connectivity index (χ0) is 10.3. The highest BCUT2D eigenvalue weighted by Crippen LogP contribution is 2.36. The van der Waals surface area contributed by atoms with Crippen molar-refractivity contribution in [2.45, 2.75) is 25.2 Å². The Kier molecular flexibility index (Phi) is 1.87. The minimum atomic E-state index is 0.566. The molecule has 0 amide bonds. The van der Waals surface area contributed by atoms with Gasteiger partial charge in [0.25, 0.3) is 0 Å². The summed E-state index contributed by atoms with van der Waals surface area (Å²) < 4.78 is 7.35. The van der Waals surface area contributed by atoms with Gasteiger partial charge in [0.05, 0.1) is 7.11 Å². The van der Waals surface area contributed by atoms with Crippen LogP contribution in [-0.4, -0.2) is 21.7 Å². The van der Waals surface area contributed by atoms with Gasteiger partial charge in [0.2, 0.25) is 5.88 Å². The van der Waals surface area contributed by atoms with E-state index in [1.54, 1.807) is 7.11 Å². The Balaban J connectivity index is 2.20. The van der Waals surface area contributed by atoms with Crippen LogP contribution in [0, 0.1) is 0 Å². The van der Waals surface area contributed by atoms with Gasteiger partial charge in [0.1, 0.15) is 5.82 Å². The molecule has 0 spiro atoms. The number of methoxy groups -OCH3 is 1. The summed E-state index contributed by atoms with van der Waals surface area (Å²) in [6.45, 7) is 0. The van der Waals surface area contributed by atoms with E-state index in [0.29, 0.717) is 5.92 Å². The third kappa shape index (κ3) is 1.21. The number of rotatable bonds is 2. The first kappa shape index (κ1) is 8.71. The average Bonchev–Trinajstić information content (AvgIpc) is 2.59. The Morgan fingerprint density at radius 3 is 2.87 bits per heavy atom. The molecule has 2 heterocycles. The predicted octanol–water partition coefficient (Wildman–Crippen LogP) is 2.01. The molecular formula is C11H13N3O. The number of fused-ring (bicyclic) bond motifs is 1. The lowest BCUT2D eigenvalue weighted by atomic mass is 9.85. The van der Waals surface area contributed by atoms with Crippen LogP contribution in [-0.2, 0) is 0 Å². The summed E-state index contributed by atoms with van der Waals surface area (Å²) in [6, 6.07) is 5.84. The minimum Gasteiger partial charge on any atom is -0.482 e. The fourth-order valence-corrected chi connectivity index (χ4v) is 2.02. The van der Waals surface area contributed by atoms with Crippen molar-refractivity contribution < 1.29 is 4.74 Å². The first-order valence-corrected chi connectivity index (χ1v) is 5.28. The molecular weight excluding hydrogens is 190 g/mol. The Morgan fingerprint density at radius 1 is 1.33 bits per heavy atom. The molecule has 15 heavy (non-hydrogen) atoms. The highest BCUT2D eigenvalue weighted by Gasteiger charge is 2.25. The minimum absolute atomic E-state index is 0.566. The van der Waals surface area contributed by atoms with E-state index in [4.69, 9.17) is 4.74 Å². The lowest BCUT2D eigenvalue weighted by molar-refractivity contribution is 0.368. The van der Waals surface area contributed by atoms with Crippen molar-refractivity contribution in [2.24, 2.45) is 0 Å². The Morgan fingerprint density at radius 2 is 2.20 bits per heavy atom. The van der Waals surface area contributed by atoms with Crippen molar-refractivity contribution in [1.82, 2.24) is 14.6 Å². The molecule has 1 fully saturated rings. The molecule has 0 aromatic carbocycles. The van der Waals surface area contributed by atoms with E-state index in [2.05, 4.69) is 10.2 Å². The predicted molar refractivity (Wildman–Crippen MR) is 56.1 cm³/mol. The molecule has 4 heteroatoms. The first-order valence-electron chi connectivity index (χ1n) is 5.28. The molecule has 0 saturated heterocycles. The number of hydrogen-bond acceptors (Lipinski definition) is 3. The Bertz CT molecular complexity index is 488. The number of pyridine rings is 1. The molecule has 78 valence electrons. The van der Waals surface area contributed by atoms with Crippen LogP contribution in [0.4, 0.5) is 0 Å². The molecule has 0 unspecified atom stereocenters. The topological polar surface area (TPSA) is 39.4 Å². The summed E-state index contributed by atoms with van der Waals surface area (Å²) in [7, 11) is 1.68. The second-order valence-electron chi connectivity index (χ2n) is 3.95. The molecule has 2 aromatic heterocycles. The summed E-state index contributed by atoms with van der Waals surface area (Å²) in [5, 5.41) is 8.42. The number of ether oxygens (including phenoxy) is 1. The van der Waals surface area contributed by atoms with E-state index >= 15 is 0 Å². The Hall–Kier alpha value is -1.58. The molecule has 0 aliphatic heterocycles. The molecule has 0 atom stereocenters. The van der Waals surface area contributed by atoms with Gasteiger partial charge in [-0.3, -0.25) is 0 Å². The van der Waals surface area contributed by atoms with Crippen LogP contribution in [0.25, 0.3) is 5.65 Å². The normalized spacial score (nSPS) is 16.6. The van der Waals surface area contributed by atoms with Gasteiger partial charge in [-0.25, -0.2) is 4.40 Å². The van der Waals surface area contributed by atoms with Crippen LogP contribution in [0.5, 0.6) is 5.88 Å². The lowest BCUT2D eigenvalue weighted by Crippen LogP contribution is -2.13. The Labute approximate surface area is 87.9 Å². The van der Waals surface area contributed by atoms with E-state index in [1.807, 2.05) is 22.6 Å². The molecule has 0 N–H and O–H groups in total. The third-order valence-corrected chi connectivity index (χ3v) is 3.10. The summed E-state index contributed by atoms with van der Waals surface area (Å²) in [6.07, 6.45) is 3.74. The molecule has 1 aliphatic rings. The molecule has 1 aliphatic carbocycles. The van der Waals surface area contributed by atoms with Gasteiger partial charge in [0, 0.05) is 5.92 Å². The average molecular weight is 203 g/mol. The van der Waals surface area contributed by atoms with Gasteiger partial charge in [0.15, 0.2) is 5.65 Å². The van der Waals surface area contributed by atoms with Gasteiger partial charge < -0.3 is 4.74 Å². The molecule has 4 nitrogen and oxygen atoms in total. The van der Waals surface area contributed by atoms with Crippen LogP contribution in [0.3, 0.4) is 0 Å². The lowest BCUT2D eigenvalue weighted by Gasteiger charge is -2.23. The largest absolute Gasteiger partial charge is 0.482 e. The third-order valence-electron chi connectivity index (χ3n) is 3.10. The number of aromatic nitrogens is 3. The standard InChI is InChI=1S/C11H13N3O/c1-15-10-7-3-6-9-12-13-11(14(9)10)8-4-2-5-8/h3,6-8H,2,4-5H2,1H3. The van der Waals surface area contributed by atoms with Gasteiger partial charge >= 0.3 is 0 Å². The van der Waals surface area contributed by atoms with Gasteiger partial charge in [-0.05, 0) is 25.0 Å². The van der Waals surface area contributed by atoms with Crippen LogP contribution < -0.4 is 4.74 Å². The van der Waals surface area contributed by atoms with Crippen LogP contribution in [0.2, 0.25) is 0 Å². The van der Waals surface area contributed by atoms with Crippen molar-refractivity contribution >= 4 is 5.65 Å². The van der Waals surface area contributed by atoms with Gasteiger partial charge in [-0.1, -0.05) is 12.5 Å². The number of nitrogens with zero attached hydrogens (tertiary/aromatic N) is 3. The molecule has 1 saturated carbocycles. The maximum atomic E-state index is 5.33. The summed E-state index contributed by atoms with van der Waals surface area (Å²) >= 11 is 0. The molecule has 0 radical (unpaired) electrons. The van der Waals surface area contributed by atoms with E-state index in [0.717, 1.165) is 17.4 Å². The highest BCUT2D eigenvalue weighted by atomic mass is 16.5. The van der Waals surface area contributed by atoms with Crippen LogP contribution >= 0.6 is 0 Å². The van der Waals surface area contributed by atoms with E-state index in [-0.39, 0.29) is 0 Å². The van der Waals surface area contributed by atoms with Crippen LogP contribution in [0.15, 0.2) is 18.2 Å². The second kappa shape index (κ2) is 3.22. The summed E-state index contributed by atoms with van der Waals surface area (Å²) in [5.74, 6) is 2.43. The first-order chi connectivity index (χ1) is 7.40. The van der Waals surface area contributed by atoms with Crippen molar-refractivity contribution in [1.29, 1.82) is 0 Å². The van der Waals surface area contributed by atoms with E-state index < -0.39 is 0 Å². The zero-order valence-electron chi connectivity index (χ0n) is 8.68. The fourth-order valence-electron chi connectivity index (χ4n) is 2.02. The van der Waals surface area contributed by atoms with Crippen molar-refractivity contribution in [2.75, 3.05) is 7.11 Å². The van der Waals surface area contributed by atoms with Gasteiger partial charge in [-0.2, -0.15) is 0 Å². The van der Waals surface area contributed by atoms with Crippen molar-refractivity contribution in [3.8, 4) is 5.88 Å². The zero-order valence-corrected chi connectivity index (χ0v) is 8.68. The van der Waals surface area contributed by atoms with E-state index in [1.165, 1.54) is 19.3 Å². The SMILES string of the molecule is COc1cccc2nnc(C3CCC3)n12. The highest BCUT2D eigenvalue weighted by molar-refractivity contribution is 5.42. The summed E-state index contributed by atoms with van der Waals surface area (Å²) in [5.41, 5.74) is 0.872. The molecule has 3 rings (SSSR count). The maximum Gasteiger partial charge on any atom is 0.200 e. The van der Waals surface area contributed by atoms with E-state index in [9.17, 15) is 0 Å². The fraction of sp³-hybridized carbons (Fsp3) is 0.455. The molecule has 0 bridgehead atoms. The van der Waals surface area contributed by atoms with Crippen LogP contribution in [0.1, 0.15) is 31.0 Å². The molecule has 2 aromatic rings. The van der Waals surface area contributed by atoms with Crippen molar-refractivity contribution in [3.05, 3.63) is 24.0 Å². The van der Waals surface area contributed by atoms with Gasteiger partial charge in [-0.15, -0.1) is 10.2 Å². The second-order valence-corrected chi connectivity index (χ2v) is 3.95. The quantitative estimate of drug-likeness (QED) is 0.749. The van der Waals surface area contributed by atoms with Crippen molar-refractivity contribution in [3.63, 3.8) is 0 Å².